The average Bonchev–Trinajstić information content (AvgIpc) is 2.38. The Hall–Kier alpha value is -1.14. The van der Waals surface area contributed by atoms with Gasteiger partial charge in [0, 0.05) is 13.2 Å². The predicted octanol–water partition coefficient (Wildman–Crippen LogP) is 1.32. The molecule has 0 rings (SSSR count). The van der Waals surface area contributed by atoms with Crippen molar-refractivity contribution in [3.05, 3.63) is 0 Å². The fourth-order valence-corrected chi connectivity index (χ4v) is 1.14. The van der Waals surface area contributed by atoms with E-state index >= 15 is 0 Å². The summed E-state index contributed by atoms with van der Waals surface area (Å²) < 4.78 is 19.9. The summed E-state index contributed by atoms with van der Waals surface area (Å²) >= 11 is 0. The minimum Gasteiger partial charge on any atom is -0.463 e. The summed E-state index contributed by atoms with van der Waals surface area (Å²) in [5.74, 6) is -1.20. The zero-order valence-corrected chi connectivity index (χ0v) is 11.8. The molecular formula is C13H24O6. The fourth-order valence-electron chi connectivity index (χ4n) is 1.14. The zero-order chi connectivity index (χ0) is 14.3. The molecule has 0 unspecified atom stereocenters. The van der Waals surface area contributed by atoms with Gasteiger partial charge in [-0.25, -0.2) is 0 Å². The van der Waals surface area contributed by atoms with Crippen LogP contribution in [0.15, 0.2) is 0 Å². The van der Waals surface area contributed by atoms with E-state index < -0.39 is 11.9 Å². The molecule has 0 aliphatic heterocycles. The minimum absolute atomic E-state index is 0.158. The van der Waals surface area contributed by atoms with Gasteiger partial charge in [0.15, 0.2) is 0 Å². The number of hydrogen-bond donors (Lipinski definition) is 0. The van der Waals surface area contributed by atoms with Crippen LogP contribution in [-0.2, 0) is 28.5 Å². The van der Waals surface area contributed by atoms with Crippen LogP contribution >= 0.6 is 0 Å². The van der Waals surface area contributed by atoms with Gasteiger partial charge < -0.3 is 18.9 Å². The molecule has 0 bridgehead atoms. The third kappa shape index (κ3) is 13.1. The maximum Gasteiger partial charge on any atom is 0.317 e. The Morgan fingerprint density at radius 3 is 1.47 bits per heavy atom. The Balaban J connectivity index is 3.40. The van der Waals surface area contributed by atoms with Gasteiger partial charge in [0.2, 0.25) is 0 Å². The van der Waals surface area contributed by atoms with E-state index in [1.807, 2.05) is 13.8 Å². The largest absolute Gasteiger partial charge is 0.463 e. The molecule has 0 aliphatic rings. The standard InChI is InChI=1S/C13H24O6/c1-3-5-16-7-9-18-12(14)11-13(15)19-10-8-17-6-4-2/h3-11H2,1-2H3. The van der Waals surface area contributed by atoms with Crippen molar-refractivity contribution in [2.45, 2.75) is 33.1 Å². The number of rotatable bonds is 12. The molecule has 0 N–H and O–H groups in total. The molecule has 6 heteroatoms. The van der Waals surface area contributed by atoms with Gasteiger partial charge in [-0.3, -0.25) is 9.59 Å². The summed E-state index contributed by atoms with van der Waals surface area (Å²) in [5, 5.41) is 0. The summed E-state index contributed by atoms with van der Waals surface area (Å²) in [7, 11) is 0. The summed E-state index contributed by atoms with van der Waals surface area (Å²) in [6.45, 7) is 6.27. The van der Waals surface area contributed by atoms with Crippen molar-refractivity contribution in [2.24, 2.45) is 0 Å². The molecule has 0 heterocycles. The lowest BCUT2D eigenvalue weighted by molar-refractivity contribution is -0.156. The van der Waals surface area contributed by atoms with Crippen LogP contribution in [0.2, 0.25) is 0 Å². The van der Waals surface area contributed by atoms with Crippen LogP contribution in [0.3, 0.4) is 0 Å². The molecule has 112 valence electrons. The second kappa shape index (κ2) is 13.3. The number of esters is 2. The number of ether oxygens (including phenoxy) is 4. The second-order valence-electron chi connectivity index (χ2n) is 3.84. The number of hydrogen-bond acceptors (Lipinski definition) is 6. The second-order valence-corrected chi connectivity index (χ2v) is 3.84. The van der Waals surface area contributed by atoms with Gasteiger partial charge in [-0.1, -0.05) is 13.8 Å². The van der Waals surface area contributed by atoms with Gasteiger partial charge in [-0.2, -0.15) is 0 Å². The van der Waals surface area contributed by atoms with Crippen LogP contribution in [0, 0.1) is 0 Å². The highest BCUT2D eigenvalue weighted by molar-refractivity contribution is 5.91. The molecule has 0 spiro atoms. The lowest BCUT2D eigenvalue weighted by atomic mass is 10.4. The van der Waals surface area contributed by atoms with Crippen molar-refractivity contribution < 1.29 is 28.5 Å². The molecule has 0 atom stereocenters. The molecular weight excluding hydrogens is 252 g/mol. The first-order chi connectivity index (χ1) is 9.20. The molecule has 0 saturated carbocycles. The quantitative estimate of drug-likeness (QED) is 0.304. The molecule has 6 nitrogen and oxygen atoms in total. The van der Waals surface area contributed by atoms with E-state index in [4.69, 9.17) is 18.9 Å². The summed E-state index contributed by atoms with van der Waals surface area (Å²) in [6, 6.07) is 0. The Morgan fingerprint density at radius 1 is 0.684 bits per heavy atom. The predicted molar refractivity (Wildman–Crippen MR) is 68.8 cm³/mol. The Kier molecular flexibility index (Phi) is 12.5. The molecule has 0 amide bonds. The van der Waals surface area contributed by atoms with E-state index in [-0.39, 0.29) is 19.6 Å². The van der Waals surface area contributed by atoms with Gasteiger partial charge in [0.1, 0.15) is 19.6 Å². The molecule has 0 fully saturated rings. The molecule has 0 aromatic heterocycles. The lowest BCUT2D eigenvalue weighted by Crippen LogP contribution is -2.18. The first-order valence-electron chi connectivity index (χ1n) is 6.67. The van der Waals surface area contributed by atoms with Crippen molar-refractivity contribution in [2.75, 3.05) is 39.6 Å². The lowest BCUT2D eigenvalue weighted by Gasteiger charge is -2.06. The molecule has 0 aliphatic carbocycles. The van der Waals surface area contributed by atoms with Gasteiger partial charge in [-0.05, 0) is 12.8 Å². The third-order valence-electron chi connectivity index (χ3n) is 1.97. The van der Waals surface area contributed by atoms with Crippen molar-refractivity contribution in [1.82, 2.24) is 0 Å². The molecule has 0 aromatic rings. The smallest absolute Gasteiger partial charge is 0.317 e. The Morgan fingerprint density at radius 2 is 1.11 bits per heavy atom. The van der Waals surface area contributed by atoms with Crippen LogP contribution < -0.4 is 0 Å². The minimum atomic E-state index is -0.598. The van der Waals surface area contributed by atoms with E-state index in [9.17, 15) is 9.59 Å². The number of carbonyl (C=O) groups excluding carboxylic acids is 2. The molecule has 0 aromatic carbocycles. The zero-order valence-electron chi connectivity index (χ0n) is 11.8. The van der Waals surface area contributed by atoms with Gasteiger partial charge in [0.05, 0.1) is 13.2 Å². The summed E-state index contributed by atoms with van der Waals surface area (Å²) in [5.41, 5.74) is 0. The summed E-state index contributed by atoms with van der Waals surface area (Å²) in [4.78, 5) is 22.4. The highest BCUT2D eigenvalue weighted by atomic mass is 16.6. The van der Waals surface area contributed by atoms with Crippen LogP contribution in [0.5, 0.6) is 0 Å². The van der Waals surface area contributed by atoms with Crippen LogP contribution in [0.1, 0.15) is 33.1 Å². The Labute approximate surface area is 114 Å². The van der Waals surface area contributed by atoms with Crippen LogP contribution in [-0.4, -0.2) is 51.6 Å². The monoisotopic (exact) mass is 276 g/mol. The van der Waals surface area contributed by atoms with Gasteiger partial charge >= 0.3 is 11.9 Å². The fraction of sp³-hybridized carbons (Fsp3) is 0.846. The van der Waals surface area contributed by atoms with Gasteiger partial charge in [0.25, 0.3) is 0 Å². The van der Waals surface area contributed by atoms with Crippen molar-refractivity contribution >= 4 is 11.9 Å². The third-order valence-corrected chi connectivity index (χ3v) is 1.97. The maximum absolute atomic E-state index is 11.2. The van der Waals surface area contributed by atoms with E-state index in [0.717, 1.165) is 12.8 Å². The maximum atomic E-state index is 11.2. The average molecular weight is 276 g/mol. The highest BCUT2D eigenvalue weighted by Gasteiger charge is 2.11. The normalized spacial score (nSPS) is 10.2. The van der Waals surface area contributed by atoms with Crippen molar-refractivity contribution in [1.29, 1.82) is 0 Å². The van der Waals surface area contributed by atoms with Crippen molar-refractivity contribution in [3.8, 4) is 0 Å². The van der Waals surface area contributed by atoms with E-state index in [1.165, 1.54) is 0 Å². The van der Waals surface area contributed by atoms with E-state index in [1.54, 1.807) is 0 Å². The topological polar surface area (TPSA) is 71.1 Å². The molecule has 0 saturated heterocycles. The van der Waals surface area contributed by atoms with E-state index in [2.05, 4.69) is 0 Å². The SMILES string of the molecule is CCCOCCOC(=O)CC(=O)OCCOCCC. The van der Waals surface area contributed by atoms with Crippen LogP contribution in [0.25, 0.3) is 0 Å². The molecule has 19 heavy (non-hydrogen) atoms. The highest BCUT2D eigenvalue weighted by Crippen LogP contribution is 1.92. The van der Waals surface area contributed by atoms with Gasteiger partial charge in [-0.15, -0.1) is 0 Å². The summed E-state index contributed by atoms with van der Waals surface area (Å²) in [6.07, 6.45) is 1.46. The number of carbonyl (C=O) groups is 2. The first kappa shape index (κ1) is 17.9. The van der Waals surface area contributed by atoms with E-state index in [0.29, 0.717) is 26.4 Å². The first-order valence-corrected chi connectivity index (χ1v) is 6.67. The molecule has 0 radical (unpaired) electrons. The Bertz CT molecular complexity index is 217. The van der Waals surface area contributed by atoms with Crippen LogP contribution in [0.4, 0.5) is 0 Å². The van der Waals surface area contributed by atoms with Crippen molar-refractivity contribution in [3.63, 3.8) is 0 Å².